The first-order valence-electron chi connectivity index (χ1n) is 6.42. The van der Waals surface area contributed by atoms with Gasteiger partial charge in [-0.05, 0) is 65.4 Å². The molecule has 0 bridgehead atoms. The zero-order chi connectivity index (χ0) is 14.3. The Hall–Kier alpha value is -0.290. The Morgan fingerprint density at radius 3 is 2.95 bits per heavy atom. The lowest BCUT2D eigenvalue weighted by molar-refractivity contribution is 0.608. The maximum absolute atomic E-state index is 6.22. The molecule has 1 N–H and O–H groups in total. The van der Waals surface area contributed by atoms with Gasteiger partial charge in [0.15, 0.2) is 5.15 Å². The van der Waals surface area contributed by atoms with Crippen molar-refractivity contribution in [1.82, 2.24) is 4.98 Å². The normalized spacial score (nSPS) is 17.9. The van der Waals surface area contributed by atoms with Crippen LogP contribution >= 0.6 is 50.5 Å². The fraction of sp³-hybridized carbons (Fsp3) is 0.357. The van der Waals surface area contributed by atoms with Crippen LogP contribution in [-0.2, 0) is 6.42 Å². The molecule has 0 amide bonds. The maximum Gasteiger partial charge on any atom is 0.154 e. The van der Waals surface area contributed by atoms with Crippen LogP contribution in [0.2, 0.25) is 10.3 Å². The highest BCUT2D eigenvalue weighted by Gasteiger charge is 2.24. The van der Waals surface area contributed by atoms with Crippen LogP contribution in [0.3, 0.4) is 0 Å². The van der Waals surface area contributed by atoms with Crippen LogP contribution in [0.25, 0.3) is 0 Å². The van der Waals surface area contributed by atoms with E-state index in [1.54, 1.807) is 0 Å². The largest absolute Gasteiger partial charge is 0.375 e. The van der Waals surface area contributed by atoms with Crippen LogP contribution in [0.4, 0.5) is 5.69 Å². The molecule has 0 aromatic carbocycles. The van der Waals surface area contributed by atoms with Gasteiger partial charge in [-0.25, -0.2) is 4.98 Å². The van der Waals surface area contributed by atoms with Gasteiger partial charge in [0.25, 0.3) is 0 Å². The highest BCUT2D eigenvalue weighted by Crippen LogP contribution is 2.40. The third kappa shape index (κ3) is 2.84. The summed E-state index contributed by atoms with van der Waals surface area (Å²) in [5, 5.41) is 4.42. The van der Waals surface area contributed by atoms with Gasteiger partial charge in [0, 0.05) is 4.88 Å². The van der Waals surface area contributed by atoms with Crippen LogP contribution in [-0.4, -0.2) is 4.98 Å². The lowest BCUT2D eigenvalue weighted by atomic mass is 9.94. The Morgan fingerprint density at radius 1 is 1.40 bits per heavy atom. The number of fused-ring (bicyclic) bond motifs is 1. The third-order valence-electron chi connectivity index (χ3n) is 3.54. The molecule has 2 aromatic rings. The van der Waals surface area contributed by atoms with Crippen molar-refractivity contribution in [2.24, 2.45) is 0 Å². The number of rotatable bonds is 2. The molecule has 6 heteroatoms. The molecule has 1 aliphatic carbocycles. The van der Waals surface area contributed by atoms with Gasteiger partial charge in [0.05, 0.1) is 15.5 Å². The molecule has 1 atom stereocenters. The summed E-state index contributed by atoms with van der Waals surface area (Å²) in [5.41, 5.74) is 3.28. The monoisotopic (exact) mass is 390 g/mol. The van der Waals surface area contributed by atoms with Crippen LogP contribution in [0.15, 0.2) is 15.9 Å². The summed E-state index contributed by atoms with van der Waals surface area (Å²) in [7, 11) is 0. The molecule has 20 heavy (non-hydrogen) atoms. The molecule has 0 saturated carbocycles. The average Bonchev–Trinajstić information content (AvgIpc) is 2.74. The molecule has 0 saturated heterocycles. The summed E-state index contributed by atoms with van der Waals surface area (Å²) in [4.78, 5) is 5.58. The van der Waals surface area contributed by atoms with Crippen molar-refractivity contribution in [3.05, 3.63) is 42.2 Å². The number of halogens is 3. The van der Waals surface area contributed by atoms with Crippen molar-refractivity contribution in [3.8, 4) is 0 Å². The molecule has 0 spiro atoms. The van der Waals surface area contributed by atoms with Crippen molar-refractivity contribution in [2.45, 2.75) is 32.2 Å². The Kier molecular flexibility index (Phi) is 4.27. The molecule has 0 fully saturated rings. The fourth-order valence-electron chi connectivity index (χ4n) is 2.61. The third-order valence-corrected chi connectivity index (χ3v) is 5.72. The van der Waals surface area contributed by atoms with Gasteiger partial charge < -0.3 is 5.32 Å². The van der Waals surface area contributed by atoms with Gasteiger partial charge in [0.2, 0.25) is 0 Å². The van der Waals surface area contributed by atoms with E-state index in [2.05, 4.69) is 32.3 Å². The molecule has 1 unspecified atom stereocenters. The van der Waals surface area contributed by atoms with Crippen LogP contribution in [0.5, 0.6) is 0 Å². The molecular formula is C14H13BrCl2N2S. The van der Waals surface area contributed by atoms with Crippen molar-refractivity contribution < 1.29 is 0 Å². The second-order valence-electron chi connectivity index (χ2n) is 4.95. The van der Waals surface area contributed by atoms with Gasteiger partial charge in [-0.1, -0.05) is 23.2 Å². The number of pyridine rings is 1. The van der Waals surface area contributed by atoms with Crippen molar-refractivity contribution in [3.63, 3.8) is 0 Å². The van der Waals surface area contributed by atoms with Gasteiger partial charge in [0.1, 0.15) is 5.15 Å². The van der Waals surface area contributed by atoms with Crippen LogP contribution in [0, 0.1) is 6.92 Å². The summed E-state index contributed by atoms with van der Waals surface area (Å²) < 4.78 is 1.19. The molecule has 106 valence electrons. The van der Waals surface area contributed by atoms with Gasteiger partial charge in [-0.2, -0.15) is 0 Å². The minimum atomic E-state index is 0.292. The van der Waals surface area contributed by atoms with Crippen LogP contribution in [0.1, 0.15) is 34.9 Å². The number of nitrogens with one attached hydrogen (secondary N) is 1. The maximum atomic E-state index is 6.22. The molecule has 1 aliphatic rings. The highest BCUT2D eigenvalue weighted by molar-refractivity contribution is 9.11. The van der Waals surface area contributed by atoms with E-state index < -0.39 is 0 Å². The number of hydrogen-bond donors (Lipinski definition) is 1. The number of anilines is 1. The zero-order valence-corrected chi connectivity index (χ0v) is 14.8. The predicted octanol–water partition coefficient (Wildman–Crippen LogP) is 6.01. The Bertz CT molecular complexity index is 634. The van der Waals surface area contributed by atoms with E-state index >= 15 is 0 Å². The topological polar surface area (TPSA) is 24.9 Å². The molecule has 2 nitrogen and oxygen atoms in total. The smallest absolute Gasteiger partial charge is 0.154 e. The molecule has 0 aliphatic heterocycles. The first kappa shape index (κ1) is 14.6. The van der Waals surface area contributed by atoms with E-state index in [0.29, 0.717) is 16.3 Å². The summed E-state index contributed by atoms with van der Waals surface area (Å²) in [6.45, 7) is 2.00. The second kappa shape index (κ2) is 5.84. The summed E-state index contributed by atoms with van der Waals surface area (Å²) in [5.74, 6) is 0. The number of hydrogen-bond acceptors (Lipinski definition) is 3. The minimum Gasteiger partial charge on any atom is -0.375 e. The first-order valence-corrected chi connectivity index (χ1v) is 8.78. The van der Waals surface area contributed by atoms with E-state index in [4.69, 9.17) is 23.2 Å². The molecular weight excluding hydrogens is 379 g/mol. The standard InChI is InChI=1S/C14H13BrCl2N2S/c1-7-5-12(16)19-14(17)13(7)18-9-3-2-4-10-8(9)6-11(15)20-10/h5-6,9,18H,2-4H2,1H3. The predicted molar refractivity (Wildman–Crippen MR) is 90.3 cm³/mol. The lowest BCUT2D eigenvalue weighted by Crippen LogP contribution is -2.16. The molecule has 0 radical (unpaired) electrons. The van der Waals surface area contributed by atoms with Gasteiger partial charge >= 0.3 is 0 Å². The minimum absolute atomic E-state index is 0.292. The Labute approximate surface area is 140 Å². The van der Waals surface area contributed by atoms with E-state index in [1.165, 1.54) is 20.6 Å². The summed E-state index contributed by atoms with van der Waals surface area (Å²) in [6, 6.07) is 4.34. The first-order chi connectivity index (χ1) is 9.54. The molecule has 2 heterocycles. The summed E-state index contributed by atoms with van der Waals surface area (Å²) in [6.07, 6.45) is 3.46. The number of aryl methyl sites for hydroxylation is 2. The van der Waals surface area contributed by atoms with E-state index in [1.807, 2.05) is 24.3 Å². The number of aromatic nitrogens is 1. The van der Waals surface area contributed by atoms with E-state index in [-0.39, 0.29) is 0 Å². The van der Waals surface area contributed by atoms with E-state index in [9.17, 15) is 0 Å². The number of nitrogens with zero attached hydrogens (tertiary/aromatic N) is 1. The lowest BCUT2D eigenvalue weighted by Gasteiger charge is -2.25. The molecule has 2 aromatic heterocycles. The fourth-order valence-corrected chi connectivity index (χ4v) is 5.02. The highest BCUT2D eigenvalue weighted by atomic mass is 79.9. The van der Waals surface area contributed by atoms with Crippen molar-refractivity contribution >= 4 is 56.2 Å². The summed E-state index contributed by atoms with van der Waals surface area (Å²) >= 11 is 17.5. The van der Waals surface area contributed by atoms with Crippen molar-refractivity contribution in [1.29, 1.82) is 0 Å². The molecule has 3 rings (SSSR count). The van der Waals surface area contributed by atoms with Gasteiger partial charge in [-0.15, -0.1) is 11.3 Å². The number of thiophene rings is 1. The zero-order valence-electron chi connectivity index (χ0n) is 10.8. The van der Waals surface area contributed by atoms with E-state index in [0.717, 1.165) is 24.1 Å². The van der Waals surface area contributed by atoms with Crippen molar-refractivity contribution in [2.75, 3.05) is 5.32 Å². The second-order valence-corrected chi connectivity index (χ2v) is 8.21. The Morgan fingerprint density at radius 2 is 2.20 bits per heavy atom. The Balaban J connectivity index is 1.93. The quantitative estimate of drug-likeness (QED) is 0.634. The van der Waals surface area contributed by atoms with Crippen LogP contribution < -0.4 is 5.32 Å². The van der Waals surface area contributed by atoms with Gasteiger partial charge in [-0.3, -0.25) is 0 Å². The average molecular weight is 392 g/mol. The SMILES string of the molecule is Cc1cc(Cl)nc(Cl)c1NC1CCCc2sc(Br)cc21.